The number of amides is 2. The van der Waals surface area contributed by atoms with Crippen LogP contribution in [0.1, 0.15) is 5.56 Å². The molecular weight excluding hydrogens is 322 g/mol. The number of hydrogen-bond acceptors (Lipinski definition) is 7. The summed E-state index contributed by atoms with van der Waals surface area (Å²) >= 11 is 2.64. The maximum atomic E-state index is 11.4. The molecule has 4 N–H and O–H groups in total. The van der Waals surface area contributed by atoms with Crippen molar-refractivity contribution in [2.45, 2.75) is 10.9 Å². The van der Waals surface area contributed by atoms with Crippen LogP contribution in [-0.2, 0) is 16.1 Å². The van der Waals surface area contributed by atoms with Crippen molar-refractivity contribution < 1.29 is 9.59 Å². The second kappa shape index (κ2) is 8.35. The van der Waals surface area contributed by atoms with Gasteiger partial charge < -0.3 is 16.4 Å². The maximum absolute atomic E-state index is 11.4. The third kappa shape index (κ3) is 5.70. The van der Waals surface area contributed by atoms with Gasteiger partial charge >= 0.3 is 0 Å². The van der Waals surface area contributed by atoms with Gasteiger partial charge in [-0.2, -0.15) is 0 Å². The highest BCUT2D eigenvalue weighted by molar-refractivity contribution is 8.01. The quantitative estimate of drug-likeness (QED) is 0.616. The van der Waals surface area contributed by atoms with Gasteiger partial charge in [-0.3, -0.25) is 9.59 Å². The van der Waals surface area contributed by atoms with Crippen LogP contribution in [0, 0.1) is 0 Å². The van der Waals surface area contributed by atoms with Gasteiger partial charge in [-0.1, -0.05) is 53.4 Å². The molecule has 0 spiro atoms. The van der Waals surface area contributed by atoms with Gasteiger partial charge in [0, 0.05) is 6.54 Å². The van der Waals surface area contributed by atoms with Gasteiger partial charge in [0.05, 0.1) is 12.3 Å². The van der Waals surface area contributed by atoms with Crippen LogP contribution < -0.4 is 16.4 Å². The van der Waals surface area contributed by atoms with E-state index < -0.39 is 5.91 Å². The Labute approximate surface area is 135 Å². The zero-order valence-corrected chi connectivity index (χ0v) is 13.2. The summed E-state index contributed by atoms with van der Waals surface area (Å²) < 4.78 is 0.685. The molecule has 116 valence electrons. The fourth-order valence-corrected chi connectivity index (χ4v) is 3.05. The van der Waals surface area contributed by atoms with Gasteiger partial charge in [0.1, 0.15) is 0 Å². The van der Waals surface area contributed by atoms with Crippen molar-refractivity contribution in [3.63, 3.8) is 0 Å². The minimum absolute atomic E-state index is 0.153. The molecule has 0 saturated carbocycles. The molecule has 0 fully saturated rings. The van der Waals surface area contributed by atoms with Gasteiger partial charge in [0.15, 0.2) is 4.34 Å². The molecule has 7 nitrogen and oxygen atoms in total. The number of anilines is 1. The van der Waals surface area contributed by atoms with Crippen LogP contribution in [0.2, 0.25) is 0 Å². The fraction of sp³-hybridized carbons (Fsp3) is 0.231. The molecule has 0 aliphatic rings. The lowest BCUT2D eigenvalue weighted by Crippen LogP contribution is -2.34. The highest BCUT2D eigenvalue weighted by Crippen LogP contribution is 2.25. The van der Waals surface area contributed by atoms with E-state index in [2.05, 4.69) is 20.8 Å². The third-order valence-electron chi connectivity index (χ3n) is 2.48. The van der Waals surface area contributed by atoms with Gasteiger partial charge in [0.25, 0.3) is 0 Å². The van der Waals surface area contributed by atoms with Crippen molar-refractivity contribution in [1.29, 1.82) is 0 Å². The van der Waals surface area contributed by atoms with Gasteiger partial charge in [-0.25, -0.2) is 0 Å². The summed E-state index contributed by atoms with van der Waals surface area (Å²) in [5, 5.41) is 14.3. The number of primary amides is 1. The molecule has 1 aromatic heterocycles. The Morgan fingerprint density at radius 3 is 2.73 bits per heavy atom. The summed E-state index contributed by atoms with van der Waals surface area (Å²) in [6.45, 7) is 0.513. The Morgan fingerprint density at radius 2 is 2.00 bits per heavy atom. The normalized spacial score (nSPS) is 10.2. The summed E-state index contributed by atoms with van der Waals surface area (Å²) in [5.74, 6) is -0.667. The molecule has 22 heavy (non-hydrogen) atoms. The van der Waals surface area contributed by atoms with Gasteiger partial charge in [-0.15, -0.1) is 10.2 Å². The van der Waals surface area contributed by atoms with Crippen LogP contribution in [0.3, 0.4) is 0 Å². The molecule has 0 bridgehead atoms. The monoisotopic (exact) mass is 337 g/mol. The van der Waals surface area contributed by atoms with Crippen LogP contribution in [0.25, 0.3) is 0 Å². The first-order chi connectivity index (χ1) is 10.6. The number of aromatic nitrogens is 2. The smallest absolute Gasteiger partial charge is 0.236 e. The molecule has 0 aliphatic carbocycles. The van der Waals surface area contributed by atoms with Crippen LogP contribution in [-0.4, -0.2) is 34.3 Å². The van der Waals surface area contributed by atoms with E-state index in [1.54, 1.807) is 0 Å². The lowest BCUT2D eigenvalue weighted by Gasteiger charge is -2.01. The van der Waals surface area contributed by atoms with E-state index in [9.17, 15) is 9.59 Å². The van der Waals surface area contributed by atoms with E-state index in [0.29, 0.717) is 16.0 Å². The number of nitrogens with one attached hydrogen (secondary N) is 2. The molecule has 0 unspecified atom stereocenters. The van der Waals surface area contributed by atoms with Crippen LogP contribution in [0.5, 0.6) is 0 Å². The SMILES string of the molecule is NC(=O)CNC(=O)CSc1nnc(NCc2ccccc2)s1. The van der Waals surface area contributed by atoms with Gasteiger partial charge in [0.2, 0.25) is 16.9 Å². The minimum atomic E-state index is -0.568. The molecule has 1 aromatic carbocycles. The van der Waals surface area contributed by atoms with Crippen LogP contribution in [0.4, 0.5) is 5.13 Å². The average Bonchev–Trinajstić information content (AvgIpc) is 2.98. The highest BCUT2D eigenvalue weighted by atomic mass is 32.2. The summed E-state index contributed by atoms with van der Waals surface area (Å²) in [6, 6.07) is 9.96. The van der Waals surface area contributed by atoms with E-state index in [4.69, 9.17) is 5.73 Å². The third-order valence-corrected chi connectivity index (χ3v) is 4.49. The molecule has 0 saturated heterocycles. The summed E-state index contributed by atoms with van der Waals surface area (Å²) in [7, 11) is 0. The first-order valence-electron chi connectivity index (χ1n) is 6.42. The summed E-state index contributed by atoms with van der Waals surface area (Å²) in [4.78, 5) is 22.0. The molecule has 1 heterocycles. The van der Waals surface area contributed by atoms with E-state index in [1.165, 1.54) is 23.1 Å². The predicted molar refractivity (Wildman–Crippen MR) is 86.6 cm³/mol. The first kappa shape index (κ1) is 16.2. The van der Waals surface area contributed by atoms with Crippen molar-refractivity contribution in [2.24, 2.45) is 5.73 Å². The fourth-order valence-electron chi connectivity index (χ4n) is 1.48. The topological polar surface area (TPSA) is 110 Å². The number of carbonyl (C=O) groups excluding carboxylic acids is 2. The number of nitrogens with zero attached hydrogens (tertiary/aromatic N) is 2. The zero-order chi connectivity index (χ0) is 15.8. The minimum Gasteiger partial charge on any atom is -0.368 e. The second-order valence-electron chi connectivity index (χ2n) is 4.24. The molecule has 2 amide bonds. The Bertz CT molecular complexity index is 632. The number of benzene rings is 1. The number of nitrogens with two attached hydrogens (primary N) is 1. The van der Waals surface area contributed by atoms with Crippen molar-refractivity contribution >= 4 is 40.0 Å². The summed E-state index contributed by atoms with van der Waals surface area (Å²) in [6.07, 6.45) is 0. The van der Waals surface area contributed by atoms with E-state index in [1.807, 2.05) is 30.3 Å². The Balaban J connectivity index is 1.74. The number of carbonyl (C=O) groups is 2. The summed E-state index contributed by atoms with van der Waals surface area (Å²) in [5.41, 5.74) is 6.09. The van der Waals surface area contributed by atoms with Crippen molar-refractivity contribution in [1.82, 2.24) is 15.5 Å². The largest absolute Gasteiger partial charge is 0.368 e. The van der Waals surface area contributed by atoms with Gasteiger partial charge in [-0.05, 0) is 5.56 Å². The van der Waals surface area contributed by atoms with E-state index >= 15 is 0 Å². The van der Waals surface area contributed by atoms with E-state index in [-0.39, 0.29) is 18.2 Å². The van der Waals surface area contributed by atoms with Crippen molar-refractivity contribution in [3.05, 3.63) is 35.9 Å². The maximum Gasteiger partial charge on any atom is 0.236 e. The lowest BCUT2D eigenvalue weighted by atomic mass is 10.2. The molecule has 2 rings (SSSR count). The number of thioether (sulfide) groups is 1. The molecule has 2 aromatic rings. The number of rotatable bonds is 8. The molecular formula is C13H15N5O2S2. The zero-order valence-electron chi connectivity index (χ0n) is 11.6. The predicted octanol–water partition coefficient (Wildman–Crippen LogP) is 0.844. The highest BCUT2D eigenvalue weighted by Gasteiger charge is 2.08. The average molecular weight is 337 g/mol. The van der Waals surface area contributed by atoms with Crippen molar-refractivity contribution in [2.75, 3.05) is 17.6 Å². The Kier molecular flexibility index (Phi) is 6.16. The van der Waals surface area contributed by atoms with E-state index in [0.717, 1.165) is 5.56 Å². The van der Waals surface area contributed by atoms with Crippen molar-refractivity contribution in [3.8, 4) is 0 Å². The standard InChI is InChI=1S/C13H15N5O2S2/c14-10(19)7-15-11(20)8-21-13-18-17-12(22-13)16-6-9-4-2-1-3-5-9/h1-5H,6-8H2,(H2,14,19)(H,15,20)(H,16,17). The lowest BCUT2D eigenvalue weighted by molar-refractivity contribution is -0.123. The Hall–Kier alpha value is -2.13. The van der Waals surface area contributed by atoms with Crippen LogP contribution >= 0.6 is 23.1 Å². The molecule has 0 atom stereocenters. The second-order valence-corrected chi connectivity index (χ2v) is 6.44. The molecule has 9 heteroatoms. The number of hydrogen-bond donors (Lipinski definition) is 3. The molecule has 0 aliphatic heterocycles. The molecule has 0 radical (unpaired) electrons. The first-order valence-corrected chi connectivity index (χ1v) is 8.23. The van der Waals surface area contributed by atoms with Crippen LogP contribution in [0.15, 0.2) is 34.7 Å². The Morgan fingerprint density at radius 1 is 1.23 bits per heavy atom.